The second-order valence-corrected chi connectivity index (χ2v) is 9.28. The molecule has 1 aliphatic rings. The average Bonchev–Trinajstić information content (AvgIpc) is 2.87. The fraction of sp³-hybridized carbons (Fsp3) is 0.333. The second kappa shape index (κ2) is 9.72. The van der Waals surface area contributed by atoms with Crippen LogP contribution in [-0.4, -0.2) is 41.8 Å². The zero-order chi connectivity index (χ0) is 25.2. The number of rotatable bonds is 5. The molecule has 1 amide bonds. The molecule has 0 saturated carbocycles. The fourth-order valence-corrected chi connectivity index (χ4v) is 4.09. The van der Waals surface area contributed by atoms with Gasteiger partial charge in [-0.25, -0.2) is 0 Å². The van der Waals surface area contributed by atoms with Crippen molar-refractivity contribution in [3.63, 3.8) is 0 Å². The maximum atomic E-state index is 13.0. The van der Waals surface area contributed by atoms with Gasteiger partial charge in [-0.05, 0) is 67.8 Å². The number of carbonyl (C=O) groups is 1. The van der Waals surface area contributed by atoms with Gasteiger partial charge in [-0.15, -0.1) is 0 Å². The largest absolute Gasteiger partial charge is 0.378 e. The molecule has 1 saturated heterocycles. The third kappa shape index (κ3) is 5.10. The van der Waals surface area contributed by atoms with E-state index in [-0.39, 0.29) is 17.2 Å². The van der Waals surface area contributed by atoms with Crippen molar-refractivity contribution in [2.45, 2.75) is 26.2 Å². The highest BCUT2D eigenvalue weighted by Gasteiger charge is 2.22. The molecule has 3 aromatic rings. The number of ether oxygens (including phenoxy) is 1. The Morgan fingerprint density at radius 3 is 2.63 bits per heavy atom. The van der Waals surface area contributed by atoms with E-state index in [4.69, 9.17) is 4.74 Å². The van der Waals surface area contributed by atoms with Crippen LogP contribution in [0.25, 0.3) is 11.1 Å². The topological polar surface area (TPSA) is 100 Å². The lowest BCUT2D eigenvalue weighted by molar-refractivity contribution is 0.102. The van der Waals surface area contributed by atoms with E-state index in [0.717, 1.165) is 22.3 Å². The number of nitrogens with zero attached hydrogens (tertiary/aromatic N) is 4. The van der Waals surface area contributed by atoms with Crippen LogP contribution in [0.4, 0.5) is 11.4 Å². The molecule has 2 aromatic heterocycles. The molecule has 1 aliphatic heterocycles. The zero-order valence-electron chi connectivity index (χ0n) is 20.5. The van der Waals surface area contributed by atoms with E-state index in [1.165, 1.54) is 0 Å². The van der Waals surface area contributed by atoms with Crippen LogP contribution in [0.5, 0.6) is 0 Å². The van der Waals surface area contributed by atoms with Crippen LogP contribution in [0.15, 0.2) is 53.6 Å². The molecule has 1 aromatic carbocycles. The van der Waals surface area contributed by atoms with Crippen LogP contribution in [0, 0.1) is 18.3 Å². The van der Waals surface area contributed by atoms with Gasteiger partial charge in [-0.2, -0.15) is 5.26 Å². The summed E-state index contributed by atoms with van der Waals surface area (Å²) in [5.41, 5.74) is 4.27. The molecule has 0 spiro atoms. The lowest BCUT2D eigenvalue weighted by Crippen LogP contribution is -2.40. The van der Waals surface area contributed by atoms with Gasteiger partial charge < -0.3 is 19.5 Å². The number of anilines is 2. The van der Waals surface area contributed by atoms with Gasteiger partial charge in [0.15, 0.2) is 0 Å². The summed E-state index contributed by atoms with van der Waals surface area (Å²) in [5, 5.41) is 12.3. The first kappa shape index (κ1) is 24.2. The minimum Gasteiger partial charge on any atom is -0.378 e. The smallest absolute Gasteiger partial charge is 0.274 e. The Morgan fingerprint density at radius 2 is 1.91 bits per heavy atom. The molecule has 0 radical (unpaired) electrons. The van der Waals surface area contributed by atoms with E-state index in [9.17, 15) is 14.9 Å². The number of hydrogen-bond donors (Lipinski definition) is 1. The number of amides is 1. The molecule has 0 aliphatic carbocycles. The quantitative estimate of drug-likeness (QED) is 0.610. The lowest BCUT2D eigenvalue weighted by atomic mass is 9.86. The number of aromatic nitrogens is 2. The second-order valence-electron chi connectivity index (χ2n) is 9.28. The van der Waals surface area contributed by atoms with Gasteiger partial charge in [0, 0.05) is 43.8 Å². The summed E-state index contributed by atoms with van der Waals surface area (Å²) in [5.74, 6) is -0.357. The summed E-state index contributed by atoms with van der Waals surface area (Å²) in [6, 6.07) is 13.2. The van der Waals surface area contributed by atoms with Gasteiger partial charge in [0.2, 0.25) is 0 Å². The molecule has 0 atom stereocenters. The number of pyridine rings is 2. The van der Waals surface area contributed by atoms with Gasteiger partial charge >= 0.3 is 0 Å². The van der Waals surface area contributed by atoms with Crippen LogP contribution in [0.3, 0.4) is 0 Å². The summed E-state index contributed by atoms with van der Waals surface area (Å²) in [4.78, 5) is 32.0. The molecule has 35 heavy (non-hydrogen) atoms. The third-order valence-electron chi connectivity index (χ3n) is 6.32. The monoisotopic (exact) mass is 471 g/mol. The summed E-state index contributed by atoms with van der Waals surface area (Å²) in [6.45, 7) is 8.12. The molecule has 4 rings (SSSR count). The predicted octanol–water partition coefficient (Wildman–Crippen LogP) is 3.65. The molecular formula is C27H29N5O3. The molecular weight excluding hydrogens is 442 g/mol. The SMILES string of the molecule is Cc1ccc(NC(=O)c2cc(C(C)(C)C#N)ccn2)cc1-c1cc(N2CCOCC2)c(=O)n(C)c1. The first-order valence-corrected chi connectivity index (χ1v) is 11.5. The van der Waals surface area contributed by atoms with E-state index in [2.05, 4.69) is 21.3 Å². The van der Waals surface area contributed by atoms with Crippen molar-refractivity contribution in [1.29, 1.82) is 5.26 Å². The van der Waals surface area contributed by atoms with E-state index >= 15 is 0 Å². The number of nitriles is 1. The van der Waals surface area contributed by atoms with Crippen molar-refractivity contribution in [2.24, 2.45) is 7.05 Å². The van der Waals surface area contributed by atoms with Gasteiger partial charge in [0.1, 0.15) is 11.4 Å². The van der Waals surface area contributed by atoms with Crippen LogP contribution < -0.4 is 15.8 Å². The van der Waals surface area contributed by atoms with E-state index in [1.807, 2.05) is 37.4 Å². The summed E-state index contributed by atoms with van der Waals surface area (Å²) >= 11 is 0. The molecule has 0 bridgehead atoms. The minimum absolute atomic E-state index is 0.0518. The summed E-state index contributed by atoms with van der Waals surface area (Å²) in [6.07, 6.45) is 3.36. The van der Waals surface area contributed by atoms with Crippen molar-refractivity contribution in [3.8, 4) is 17.2 Å². The third-order valence-corrected chi connectivity index (χ3v) is 6.32. The first-order chi connectivity index (χ1) is 16.7. The van der Waals surface area contributed by atoms with Crippen LogP contribution >= 0.6 is 0 Å². The van der Waals surface area contributed by atoms with Gasteiger partial charge in [0.25, 0.3) is 11.5 Å². The minimum atomic E-state index is -0.726. The highest BCUT2D eigenvalue weighted by Crippen LogP contribution is 2.29. The Balaban J connectivity index is 1.65. The van der Waals surface area contributed by atoms with E-state index in [1.54, 1.807) is 43.8 Å². The molecule has 0 unspecified atom stereocenters. The van der Waals surface area contributed by atoms with E-state index in [0.29, 0.717) is 37.7 Å². The Hall–Kier alpha value is -3.96. The van der Waals surface area contributed by atoms with Crippen molar-refractivity contribution in [2.75, 3.05) is 36.5 Å². The normalized spacial score (nSPS) is 13.9. The van der Waals surface area contributed by atoms with Crippen LogP contribution in [0.1, 0.15) is 35.5 Å². The first-order valence-electron chi connectivity index (χ1n) is 11.5. The Labute approximate surface area is 204 Å². The Kier molecular flexibility index (Phi) is 6.72. The molecule has 8 nitrogen and oxygen atoms in total. The molecule has 3 heterocycles. The lowest BCUT2D eigenvalue weighted by Gasteiger charge is -2.29. The number of morpholine rings is 1. The molecule has 8 heteroatoms. The zero-order valence-corrected chi connectivity index (χ0v) is 20.5. The van der Waals surface area contributed by atoms with Crippen LogP contribution in [-0.2, 0) is 17.2 Å². The Bertz CT molecular complexity index is 1360. The van der Waals surface area contributed by atoms with Crippen molar-refractivity contribution in [1.82, 2.24) is 9.55 Å². The summed E-state index contributed by atoms with van der Waals surface area (Å²) < 4.78 is 7.03. The average molecular weight is 472 g/mol. The molecule has 1 fully saturated rings. The Morgan fingerprint density at radius 1 is 1.17 bits per heavy atom. The number of aryl methyl sites for hydroxylation is 2. The number of carbonyl (C=O) groups excluding carboxylic acids is 1. The molecule has 180 valence electrons. The van der Waals surface area contributed by atoms with Crippen LogP contribution in [0.2, 0.25) is 0 Å². The number of hydrogen-bond acceptors (Lipinski definition) is 6. The summed E-state index contributed by atoms with van der Waals surface area (Å²) in [7, 11) is 1.75. The van der Waals surface area contributed by atoms with Gasteiger partial charge in [-0.1, -0.05) is 6.07 Å². The molecule has 1 N–H and O–H groups in total. The van der Waals surface area contributed by atoms with Crippen molar-refractivity contribution >= 4 is 17.3 Å². The number of benzene rings is 1. The highest BCUT2D eigenvalue weighted by atomic mass is 16.5. The predicted molar refractivity (Wildman–Crippen MR) is 136 cm³/mol. The van der Waals surface area contributed by atoms with Crippen molar-refractivity contribution in [3.05, 3.63) is 76.0 Å². The van der Waals surface area contributed by atoms with Crippen molar-refractivity contribution < 1.29 is 9.53 Å². The van der Waals surface area contributed by atoms with Gasteiger partial charge in [-0.3, -0.25) is 14.6 Å². The number of nitrogens with one attached hydrogen (secondary N) is 1. The van der Waals surface area contributed by atoms with E-state index < -0.39 is 5.41 Å². The fourth-order valence-electron chi connectivity index (χ4n) is 4.09. The highest BCUT2D eigenvalue weighted by molar-refractivity contribution is 6.03. The maximum absolute atomic E-state index is 13.0. The van der Waals surface area contributed by atoms with Gasteiger partial charge in [0.05, 0.1) is 24.7 Å². The maximum Gasteiger partial charge on any atom is 0.274 e. The standard InChI is InChI=1S/C27H29N5O3/c1-18-5-6-21(30-25(33)23-14-20(7-8-29-23)27(2,3)17-28)15-22(18)19-13-24(26(34)31(4)16-19)32-9-11-35-12-10-32/h5-8,13-16H,9-12H2,1-4H3,(H,30,33).